The predicted octanol–water partition coefficient (Wildman–Crippen LogP) is 4.37. The summed E-state index contributed by atoms with van der Waals surface area (Å²) in [6.07, 6.45) is 2.30. The summed E-state index contributed by atoms with van der Waals surface area (Å²) in [6, 6.07) is 9.67. The van der Waals surface area contributed by atoms with Crippen molar-refractivity contribution in [3.05, 3.63) is 74.8 Å². The van der Waals surface area contributed by atoms with Gasteiger partial charge in [-0.3, -0.25) is 4.79 Å². The molecule has 0 saturated heterocycles. The fourth-order valence-electron chi connectivity index (χ4n) is 3.99. The number of carbonyl (C=O) groups is 1. The van der Waals surface area contributed by atoms with Crippen molar-refractivity contribution < 1.29 is 18.4 Å². The third-order valence-electron chi connectivity index (χ3n) is 5.78. The van der Waals surface area contributed by atoms with Crippen LogP contribution in [0.2, 0.25) is 0 Å². The molecule has 31 heavy (non-hydrogen) atoms. The molecule has 2 aromatic heterocycles. The van der Waals surface area contributed by atoms with Gasteiger partial charge in [-0.2, -0.15) is 0 Å². The molecule has 0 aliphatic carbocycles. The molecule has 160 valence electrons. The Morgan fingerprint density at radius 2 is 1.84 bits per heavy atom. The molecule has 0 bridgehead atoms. The number of ether oxygens (including phenoxy) is 1. The van der Waals surface area contributed by atoms with Gasteiger partial charge in [-0.15, -0.1) is 0 Å². The quantitative estimate of drug-likeness (QED) is 0.469. The van der Waals surface area contributed by atoms with E-state index in [1.165, 1.54) is 0 Å². The Balaban J connectivity index is 1.56. The first-order chi connectivity index (χ1) is 14.9. The molecule has 0 atom stereocenters. The minimum Gasteiger partial charge on any atom is -0.496 e. The highest BCUT2D eigenvalue weighted by Gasteiger charge is 2.19. The van der Waals surface area contributed by atoms with E-state index in [1.54, 1.807) is 13.4 Å². The van der Waals surface area contributed by atoms with Crippen LogP contribution in [0.15, 0.2) is 50.2 Å². The highest BCUT2D eigenvalue weighted by molar-refractivity contribution is 6.00. The number of amides is 1. The molecule has 2 heterocycles. The first-order valence-electron chi connectivity index (χ1n) is 10.2. The summed E-state index contributed by atoms with van der Waals surface area (Å²) < 4.78 is 16.6. The van der Waals surface area contributed by atoms with Crippen LogP contribution in [0.5, 0.6) is 5.75 Å². The number of rotatable bonds is 6. The average Bonchev–Trinajstić information content (AvgIpc) is 3.13. The van der Waals surface area contributed by atoms with E-state index in [0.29, 0.717) is 24.1 Å². The molecule has 1 N–H and O–H groups in total. The summed E-state index contributed by atoms with van der Waals surface area (Å²) >= 11 is 0. The Bertz CT molecular complexity index is 1350. The summed E-state index contributed by atoms with van der Waals surface area (Å²) in [5.74, 6) is 0.570. The zero-order valence-corrected chi connectivity index (χ0v) is 18.1. The number of benzene rings is 2. The Morgan fingerprint density at radius 3 is 2.61 bits per heavy atom. The van der Waals surface area contributed by atoms with Crippen LogP contribution >= 0.6 is 0 Å². The largest absolute Gasteiger partial charge is 0.496 e. The van der Waals surface area contributed by atoms with Crippen molar-refractivity contribution in [1.82, 2.24) is 5.32 Å². The molecule has 4 aromatic rings. The first kappa shape index (κ1) is 20.7. The standard InChI is InChI=1S/C25H25NO5/c1-14-13-30-23-16(3)24-19(11-18(14)23)15(2)20(25(28)31-24)12-22(27)26-10-9-17-7-5-6-8-21(17)29-4/h5-8,11,13H,9-10,12H2,1-4H3,(H,26,27). The van der Waals surface area contributed by atoms with Crippen molar-refractivity contribution >= 4 is 27.8 Å². The van der Waals surface area contributed by atoms with Crippen molar-refractivity contribution in [1.29, 1.82) is 0 Å². The topological polar surface area (TPSA) is 81.7 Å². The molecular weight excluding hydrogens is 394 g/mol. The first-order valence-corrected chi connectivity index (χ1v) is 10.2. The van der Waals surface area contributed by atoms with Gasteiger partial charge in [-0.25, -0.2) is 4.79 Å². The van der Waals surface area contributed by atoms with E-state index < -0.39 is 5.63 Å². The fraction of sp³-hybridized carbons (Fsp3) is 0.280. The lowest BCUT2D eigenvalue weighted by Crippen LogP contribution is -2.29. The number of nitrogens with one attached hydrogen (secondary N) is 1. The number of fused-ring (bicyclic) bond motifs is 2. The van der Waals surface area contributed by atoms with E-state index in [-0.39, 0.29) is 12.3 Å². The van der Waals surface area contributed by atoms with Gasteiger partial charge in [0.25, 0.3) is 0 Å². The van der Waals surface area contributed by atoms with Gasteiger partial charge in [0.2, 0.25) is 5.91 Å². The molecule has 0 spiro atoms. The summed E-state index contributed by atoms with van der Waals surface area (Å²) in [6.45, 7) is 6.16. The van der Waals surface area contributed by atoms with Crippen LogP contribution in [-0.2, 0) is 17.6 Å². The lowest BCUT2D eigenvalue weighted by atomic mass is 9.99. The van der Waals surface area contributed by atoms with Crippen molar-refractivity contribution in [3.8, 4) is 5.75 Å². The lowest BCUT2D eigenvalue weighted by molar-refractivity contribution is -0.120. The Morgan fingerprint density at radius 1 is 1.06 bits per heavy atom. The third kappa shape index (κ3) is 3.81. The number of furan rings is 1. The zero-order chi connectivity index (χ0) is 22.1. The average molecular weight is 419 g/mol. The number of aryl methyl sites for hydroxylation is 3. The van der Waals surface area contributed by atoms with Crippen molar-refractivity contribution in [3.63, 3.8) is 0 Å². The Kier molecular flexibility index (Phi) is 5.55. The molecule has 0 saturated carbocycles. The van der Waals surface area contributed by atoms with E-state index in [2.05, 4.69) is 5.32 Å². The van der Waals surface area contributed by atoms with Crippen LogP contribution in [0.4, 0.5) is 0 Å². The van der Waals surface area contributed by atoms with Crippen molar-refractivity contribution in [2.24, 2.45) is 0 Å². The minimum atomic E-state index is -0.490. The maximum Gasteiger partial charge on any atom is 0.340 e. The number of hydrogen-bond acceptors (Lipinski definition) is 5. The Hall–Kier alpha value is -3.54. The predicted molar refractivity (Wildman–Crippen MR) is 120 cm³/mol. The van der Waals surface area contributed by atoms with E-state index >= 15 is 0 Å². The molecule has 4 rings (SSSR count). The van der Waals surface area contributed by atoms with Gasteiger partial charge in [0.15, 0.2) is 0 Å². The lowest BCUT2D eigenvalue weighted by Gasteiger charge is -2.11. The van der Waals surface area contributed by atoms with E-state index in [4.69, 9.17) is 13.6 Å². The second-order valence-corrected chi connectivity index (χ2v) is 7.76. The second-order valence-electron chi connectivity index (χ2n) is 7.76. The zero-order valence-electron chi connectivity index (χ0n) is 18.1. The monoisotopic (exact) mass is 419 g/mol. The van der Waals surface area contributed by atoms with E-state index in [0.717, 1.165) is 44.4 Å². The van der Waals surface area contributed by atoms with Crippen LogP contribution in [0.3, 0.4) is 0 Å². The maximum atomic E-state index is 12.7. The van der Waals surface area contributed by atoms with Crippen LogP contribution in [-0.4, -0.2) is 19.6 Å². The minimum absolute atomic E-state index is 0.0303. The molecular formula is C25H25NO5. The number of para-hydroxylation sites is 1. The number of hydrogen-bond donors (Lipinski definition) is 1. The van der Waals surface area contributed by atoms with E-state index in [9.17, 15) is 9.59 Å². The third-order valence-corrected chi connectivity index (χ3v) is 5.78. The molecule has 6 heteroatoms. The fourth-order valence-corrected chi connectivity index (χ4v) is 3.99. The Labute approximate surface area is 179 Å². The molecule has 0 aliphatic rings. The normalized spacial score (nSPS) is 11.2. The van der Waals surface area contributed by atoms with Gasteiger partial charge < -0.3 is 18.9 Å². The highest BCUT2D eigenvalue weighted by Crippen LogP contribution is 2.32. The van der Waals surface area contributed by atoms with Gasteiger partial charge >= 0.3 is 5.63 Å². The second kappa shape index (κ2) is 8.30. The van der Waals surface area contributed by atoms with Crippen molar-refractivity contribution in [2.75, 3.05) is 13.7 Å². The molecule has 0 fully saturated rings. The van der Waals surface area contributed by atoms with Crippen LogP contribution in [0, 0.1) is 20.8 Å². The molecule has 2 aromatic carbocycles. The molecule has 6 nitrogen and oxygen atoms in total. The molecule has 0 aliphatic heterocycles. The smallest absolute Gasteiger partial charge is 0.340 e. The summed E-state index contributed by atoms with van der Waals surface area (Å²) in [7, 11) is 1.62. The van der Waals surface area contributed by atoms with Gasteiger partial charge in [-0.1, -0.05) is 18.2 Å². The SMILES string of the molecule is COc1ccccc1CCNC(=O)Cc1c(C)c2cc3c(C)coc3c(C)c2oc1=O. The van der Waals surface area contributed by atoms with Crippen LogP contribution in [0.1, 0.15) is 27.8 Å². The highest BCUT2D eigenvalue weighted by atomic mass is 16.5. The van der Waals surface area contributed by atoms with Gasteiger partial charge in [0, 0.05) is 22.9 Å². The molecule has 0 radical (unpaired) electrons. The summed E-state index contributed by atoms with van der Waals surface area (Å²) in [5.41, 5.74) is 4.69. The van der Waals surface area contributed by atoms with Gasteiger partial charge in [0.1, 0.15) is 16.9 Å². The maximum absolute atomic E-state index is 12.7. The molecule has 0 unspecified atom stereocenters. The van der Waals surface area contributed by atoms with Gasteiger partial charge in [-0.05, 0) is 56.0 Å². The van der Waals surface area contributed by atoms with Gasteiger partial charge in [0.05, 0.1) is 25.4 Å². The van der Waals surface area contributed by atoms with E-state index in [1.807, 2.05) is 51.1 Å². The number of carbonyl (C=O) groups excluding carboxylic acids is 1. The van der Waals surface area contributed by atoms with Crippen LogP contribution < -0.4 is 15.7 Å². The summed E-state index contributed by atoms with van der Waals surface area (Å²) in [4.78, 5) is 25.2. The van der Waals surface area contributed by atoms with Crippen molar-refractivity contribution in [2.45, 2.75) is 33.6 Å². The molecule has 1 amide bonds. The van der Waals surface area contributed by atoms with Crippen LogP contribution in [0.25, 0.3) is 21.9 Å². The summed E-state index contributed by atoms with van der Waals surface area (Å²) in [5, 5.41) is 4.70. The number of methoxy groups -OCH3 is 1.